The standard InChI is InChI=1S/C12H16ClN/c1-9(2)14-7-11(8-14)10-4-3-5-12(13)6-10/h3-6,9,11H,7-8H2,1-2H3. The largest absolute Gasteiger partial charge is 0.300 e. The molecule has 1 aliphatic rings. The number of hydrogen-bond donors (Lipinski definition) is 0. The average Bonchev–Trinajstić information content (AvgIpc) is 2.00. The maximum absolute atomic E-state index is 5.96. The van der Waals surface area contributed by atoms with Crippen molar-refractivity contribution in [3.63, 3.8) is 0 Å². The van der Waals surface area contributed by atoms with Crippen LogP contribution in [0.4, 0.5) is 0 Å². The van der Waals surface area contributed by atoms with Crippen LogP contribution in [0.1, 0.15) is 25.3 Å². The molecule has 0 aromatic heterocycles. The first kappa shape index (κ1) is 10.0. The third-order valence-electron chi connectivity index (χ3n) is 2.96. The quantitative estimate of drug-likeness (QED) is 0.724. The molecule has 1 saturated heterocycles. The van der Waals surface area contributed by atoms with Crippen LogP contribution in [0.15, 0.2) is 24.3 Å². The number of rotatable bonds is 2. The number of halogens is 1. The van der Waals surface area contributed by atoms with Crippen LogP contribution in [0.5, 0.6) is 0 Å². The molecule has 2 heteroatoms. The van der Waals surface area contributed by atoms with Crippen LogP contribution in [-0.2, 0) is 0 Å². The van der Waals surface area contributed by atoms with E-state index in [1.165, 1.54) is 18.7 Å². The molecular weight excluding hydrogens is 194 g/mol. The number of benzene rings is 1. The molecule has 0 unspecified atom stereocenters. The van der Waals surface area contributed by atoms with E-state index in [1.54, 1.807) is 0 Å². The smallest absolute Gasteiger partial charge is 0.0408 e. The number of nitrogens with zero attached hydrogens (tertiary/aromatic N) is 1. The van der Waals surface area contributed by atoms with E-state index in [2.05, 4.69) is 30.9 Å². The number of hydrogen-bond acceptors (Lipinski definition) is 1. The van der Waals surface area contributed by atoms with E-state index in [0.717, 1.165) is 5.02 Å². The van der Waals surface area contributed by atoms with Crippen LogP contribution >= 0.6 is 11.6 Å². The Kier molecular flexibility index (Phi) is 2.80. The number of likely N-dealkylation sites (tertiary alicyclic amines) is 1. The predicted molar refractivity (Wildman–Crippen MR) is 60.9 cm³/mol. The topological polar surface area (TPSA) is 3.24 Å². The Morgan fingerprint density at radius 3 is 2.64 bits per heavy atom. The summed E-state index contributed by atoms with van der Waals surface area (Å²) in [6.45, 7) is 6.85. The Hall–Kier alpha value is -0.530. The summed E-state index contributed by atoms with van der Waals surface area (Å²) >= 11 is 5.96. The molecule has 0 bridgehead atoms. The molecule has 0 atom stereocenters. The fourth-order valence-electron chi connectivity index (χ4n) is 1.91. The van der Waals surface area contributed by atoms with Crippen molar-refractivity contribution in [2.24, 2.45) is 0 Å². The molecule has 0 radical (unpaired) electrons. The second-order valence-electron chi connectivity index (χ2n) is 4.30. The Balaban J connectivity index is 2.00. The van der Waals surface area contributed by atoms with Crippen LogP contribution in [-0.4, -0.2) is 24.0 Å². The molecule has 1 fully saturated rings. The summed E-state index contributed by atoms with van der Waals surface area (Å²) in [7, 11) is 0. The molecule has 1 heterocycles. The lowest BCUT2D eigenvalue weighted by molar-refractivity contribution is 0.110. The minimum atomic E-state index is 0.672. The first-order valence-electron chi connectivity index (χ1n) is 5.16. The molecule has 2 rings (SSSR count). The summed E-state index contributed by atoms with van der Waals surface area (Å²) in [6.07, 6.45) is 0. The summed E-state index contributed by atoms with van der Waals surface area (Å²) in [6, 6.07) is 8.91. The van der Waals surface area contributed by atoms with Crippen LogP contribution in [0.3, 0.4) is 0 Å². The fraction of sp³-hybridized carbons (Fsp3) is 0.500. The van der Waals surface area contributed by atoms with Gasteiger partial charge in [-0.1, -0.05) is 23.7 Å². The van der Waals surface area contributed by atoms with Gasteiger partial charge in [-0.3, -0.25) is 4.90 Å². The molecule has 0 N–H and O–H groups in total. The molecule has 1 aliphatic heterocycles. The molecule has 0 aliphatic carbocycles. The molecule has 0 amide bonds. The maximum Gasteiger partial charge on any atom is 0.0408 e. The van der Waals surface area contributed by atoms with E-state index in [-0.39, 0.29) is 0 Å². The zero-order chi connectivity index (χ0) is 10.1. The van der Waals surface area contributed by atoms with E-state index < -0.39 is 0 Å². The van der Waals surface area contributed by atoms with Crippen molar-refractivity contribution in [2.75, 3.05) is 13.1 Å². The fourth-order valence-corrected chi connectivity index (χ4v) is 2.10. The molecule has 1 aromatic carbocycles. The van der Waals surface area contributed by atoms with Crippen molar-refractivity contribution in [3.05, 3.63) is 34.9 Å². The average molecular weight is 210 g/mol. The predicted octanol–water partition coefficient (Wildman–Crippen LogP) is 3.15. The van der Waals surface area contributed by atoms with Crippen molar-refractivity contribution in [3.8, 4) is 0 Å². The second kappa shape index (κ2) is 3.92. The van der Waals surface area contributed by atoms with Gasteiger partial charge in [0.05, 0.1) is 0 Å². The van der Waals surface area contributed by atoms with E-state index in [4.69, 9.17) is 11.6 Å². The van der Waals surface area contributed by atoms with Gasteiger partial charge in [0.2, 0.25) is 0 Å². The Morgan fingerprint density at radius 1 is 1.36 bits per heavy atom. The van der Waals surface area contributed by atoms with Crippen molar-refractivity contribution in [1.29, 1.82) is 0 Å². The van der Waals surface area contributed by atoms with Gasteiger partial charge >= 0.3 is 0 Å². The van der Waals surface area contributed by atoms with Gasteiger partial charge in [-0.15, -0.1) is 0 Å². The van der Waals surface area contributed by atoms with Gasteiger partial charge < -0.3 is 0 Å². The highest BCUT2D eigenvalue weighted by Crippen LogP contribution is 2.29. The highest BCUT2D eigenvalue weighted by atomic mass is 35.5. The molecule has 0 saturated carbocycles. The van der Waals surface area contributed by atoms with Gasteiger partial charge in [0, 0.05) is 30.1 Å². The lowest BCUT2D eigenvalue weighted by Crippen LogP contribution is -2.48. The minimum Gasteiger partial charge on any atom is -0.300 e. The molecule has 1 nitrogen and oxygen atoms in total. The van der Waals surface area contributed by atoms with Crippen LogP contribution < -0.4 is 0 Å². The van der Waals surface area contributed by atoms with E-state index in [1.807, 2.05) is 12.1 Å². The van der Waals surface area contributed by atoms with Crippen molar-refractivity contribution in [1.82, 2.24) is 4.90 Å². The highest BCUT2D eigenvalue weighted by molar-refractivity contribution is 6.30. The van der Waals surface area contributed by atoms with Crippen LogP contribution in [0.25, 0.3) is 0 Å². The van der Waals surface area contributed by atoms with Gasteiger partial charge in [-0.05, 0) is 31.5 Å². The zero-order valence-electron chi connectivity index (χ0n) is 8.70. The SMILES string of the molecule is CC(C)N1CC(c2cccc(Cl)c2)C1. The van der Waals surface area contributed by atoms with Gasteiger partial charge in [0.25, 0.3) is 0 Å². The molecule has 76 valence electrons. The Labute approximate surface area is 90.7 Å². The van der Waals surface area contributed by atoms with E-state index in [9.17, 15) is 0 Å². The van der Waals surface area contributed by atoms with Crippen molar-refractivity contribution < 1.29 is 0 Å². The van der Waals surface area contributed by atoms with E-state index >= 15 is 0 Å². The summed E-state index contributed by atoms with van der Waals surface area (Å²) < 4.78 is 0. The maximum atomic E-state index is 5.96. The summed E-state index contributed by atoms with van der Waals surface area (Å²) in [4.78, 5) is 2.48. The van der Waals surface area contributed by atoms with Gasteiger partial charge in [0.15, 0.2) is 0 Å². The summed E-state index contributed by atoms with van der Waals surface area (Å²) in [5.74, 6) is 0.691. The lowest BCUT2D eigenvalue weighted by Gasteiger charge is -2.42. The third kappa shape index (κ3) is 1.94. The first-order valence-corrected chi connectivity index (χ1v) is 5.54. The zero-order valence-corrected chi connectivity index (χ0v) is 9.46. The molecule has 0 spiro atoms. The molecule has 14 heavy (non-hydrogen) atoms. The molecular formula is C12H16ClN. The van der Waals surface area contributed by atoms with Crippen molar-refractivity contribution >= 4 is 11.6 Å². The minimum absolute atomic E-state index is 0.672. The second-order valence-corrected chi connectivity index (χ2v) is 4.74. The Bertz CT molecular complexity index is 316. The Morgan fingerprint density at radius 2 is 2.07 bits per heavy atom. The van der Waals surface area contributed by atoms with Crippen molar-refractivity contribution in [2.45, 2.75) is 25.8 Å². The first-order chi connectivity index (χ1) is 6.66. The van der Waals surface area contributed by atoms with Crippen LogP contribution in [0, 0.1) is 0 Å². The van der Waals surface area contributed by atoms with Gasteiger partial charge in [-0.25, -0.2) is 0 Å². The normalized spacial score (nSPS) is 18.6. The summed E-state index contributed by atoms with van der Waals surface area (Å²) in [5, 5.41) is 0.852. The molecule has 1 aromatic rings. The lowest BCUT2D eigenvalue weighted by atomic mass is 9.90. The summed E-state index contributed by atoms with van der Waals surface area (Å²) in [5.41, 5.74) is 1.38. The van der Waals surface area contributed by atoms with E-state index in [0.29, 0.717) is 12.0 Å². The monoisotopic (exact) mass is 209 g/mol. The van der Waals surface area contributed by atoms with Crippen LogP contribution in [0.2, 0.25) is 5.02 Å². The van der Waals surface area contributed by atoms with Gasteiger partial charge in [0.1, 0.15) is 0 Å². The highest BCUT2D eigenvalue weighted by Gasteiger charge is 2.29. The van der Waals surface area contributed by atoms with Gasteiger partial charge in [-0.2, -0.15) is 0 Å². The third-order valence-corrected chi connectivity index (χ3v) is 3.20.